The number of esters is 1. The Bertz CT molecular complexity index is 870. The van der Waals surface area contributed by atoms with Gasteiger partial charge in [0.05, 0.1) is 0 Å². The maximum Gasteiger partial charge on any atom is 0.326 e. The van der Waals surface area contributed by atoms with Crippen LogP contribution in [0.4, 0.5) is 10.5 Å². The van der Waals surface area contributed by atoms with Crippen LogP contribution in [0.1, 0.15) is 40.0 Å². The highest BCUT2D eigenvalue weighted by atomic mass is 79.9. The van der Waals surface area contributed by atoms with Crippen molar-refractivity contribution in [2.45, 2.75) is 45.6 Å². The number of urea groups is 1. The predicted octanol–water partition coefficient (Wildman–Crippen LogP) is 3.07. The molecule has 1 saturated carbocycles. The molecule has 3 rings (SSSR count). The summed E-state index contributed by atoms with van der Waals surface area (Å²) in [6.07, 6.45) is 2.03. The number of anilines is 1. The summed E-state index contributed by atoms with van der Waals surface area (Å²) in [5, 5.41) is 5.41. The first kappa shape index (κ1) is 22.3. The van der Waals surface area contributed by atoms with Crippen LogP contribution in [0.3, 0.4) is 0 Å². The van der Waals surface area contributed by atoms with Crippen LogP contribution in [0.2, 0.25) is 0 Å². The number of rotatable bonds is 5. The van der Waals surface area contributed by atoms with E-state index in [4.69, 9.17) is 4.74 Å². The largest absolute Gasteiger partial charge is 0.454 e. The van der Waals surface area contributed by atoms with Crippen LogP contribution in [0.5, 0.6) is 0 Å². The number of nitrogens with zero attached hydrogens (tertiary/aromatic N) is 1. The summed E-state index contributed by atoms with van der Waals surface area (Å²) in [6.45, 7) is 5.18. The van der Waals surface area contributed by atoms with Crippen LogP contribution < -0.4 is 10.6 Å². The number of carbonyl (C=O) groups excluding carboxylic acids is 4. The smallest absolute Gasteiger partial charge is 0.326 e. The van der Waals surface area contributed by atoms with Crippen molar-refractivity contribution in [3.63, 3.8) is 0 Å². The Kier molecular flexibility index (Phi) is 6.21. The van der Waals surface area contributed by atoms with Gasteiger partial charge in [0.2, 0.25) is 0 Å². The zero-order chi connectivity index (χ0) is 22.1. The van der Waals surface area contributed by atoms with E-state index >= 15 is 0 Å². The molecule has 162 valence electrons. The average molecular weight is 480 g/mol. The van der Waals surface area contributed by atoms with Crippen molar-refractivity contribution in [1.82, 2.24) is 10.2 Å². The second-order valence-corrected chi connectivity index (χ2v) is 9.89. The van der Waals surface area contributed by atoms with Crippen molar-refractivity contribution in [2.24, 2.45) is 11.3 Å². The van der Waals surface area contributed by atoms with Gasteiger partial charge in [0, 0.05) is 10.2 Å². The molecular weight excluding hydrogens is 454 g/mol. The monoisotopic (exact) mass is 479 g/mol. The number of nitrogens with one attached hydrogen (secondary N) is 2. The maximum absolute atomic E-state index is 13.0. The maximum atomic E-state index is 13.0. The van der Waals surface area contributed by atoms with Gasteiger partial charge in [-0.1, -0.05) is 36.7 Å². The number of imide groups is 1. The lowest BCUT2D eigenvalue weighted by Gasteiger charge is -2.43. The Hall–Kier alpha value is -2.42. The summed E-state index contributed by atoms with van der Waals surface area (Å²) < 4.78 is 5.83. The molecule has 1 heterocycles. The molecule has 0 aromatic heterocycles. The Morgan fingerprint density at radius 1 is 1.23 bits per heavy atom. The average Bonchev–Trinajstić information content (AvgIpc) is 2.83. The predicted molar refractivity (Wildman–Crippen MR) is 114 cm³/mol. The number of halogens is 1. The number of hydrogen-bond donors (Lipinski definition) is 2. The SMILES string of the molecule is CC1CC(C)(C)CC2(C1)NC(=O)N(CC(=O)OCC(=O)Nc1ccc(Br)cc1)C2=O. The number of hydrogen-bond acceptors (Lipinski definition) is 5. The molecule has 2 fully saturated rings. The molecule has 2 atom stereocenters. The van der Waals surface area contributed by atoms with Gasteiger partial charge in [-0.15, -0.1) is 0 Å². The number of benzene rings is 1. The fourth-order valence-corrected chi connectivity index (χ4v) is 4.97. The Morgan fingerprint density at radius 3 is 2.53 bits per heavy atom. The third-order valence-electron chi connectivity index (χ3n) is 5.40. The Balaban J connectivity index is 1.55. The van der Waals surface area contributed by atoms with E-state index in [-0.39, 0.29) is 11.3 Å². The van der Waals surface area contributed by atoms with Crippen LogP contribution in [-0.2, 0) is 19.1 Å². The van der Waals surface area contributed by atoms with Crippen LogP contribution in [0.25, 0.3) is 0 Å². The molecule has 2 aliphatic rings. The van der Waals surface area contributed by atoms with Crippen molar-refractivity contribution in [2.75, 3.05) is 18.5 Å². The van der Waals surface area contributed by atoms with Gasteiger partial charge < -0.3 is 15.4 Å². The minimum Gasteiger partial charge on any atom is -0.454 e. The van der Waals surface area contributed by atoms with E-state index in [2.05, 4.69) is 47.3 Å². The Labute approximate surface area is 183 Å². The van der Waals surface area contributed by atoms with E-state index in [1.807, 2.05) is 0 Å². The van der Waals surface area contributed by atoms with E-state index in [1.165, 1.54) is 0 Å². The minimum atomic E-state index is -0.975. The topological polar surface area (TPSA) is 105 Å². The highest BCUT2D eigenvalue weighted by molar-refractivity contribution is 9.10. The Morgan fingerprint density at radius 2 is 1.90 bits per heavy atom. The summed E-state index contributed by atoms with van der Waals surface area (Å²) in [4.78, 5) is 50.5. The van der Waals surface area contributed by atoms with Crippen LogP contribution in [0, 0.1) is 11.3 Å². The summed E-state index contributed by atoms with van der Waals surface area (Å²) >= 11 is 3.30. The normalized spacial score (nSPS) is 25.2. The van der Waals surface area contributed by atoms with E-state index in [1.54, 1.807) is 24.3 Å². The molecule has 2 N–H and O–H groups in total. The highest BCUT2D eigenvalue weighted by Gasteiger charge is 2.56. The third-order valence-corrected chi connectivity index (χ3v) is 5.93. The fraction of sp³-hybridized carbons (Fsp3) is 0.524. The molecule has 1 aliphatic heterocycles. The van der Waals surface area contributed by atoms with Crippen molar-refractivity contribution in [3.05, 3.63) is 28.7 Å². The zero-order valence-electron chi connectivity index (χ0n) is 17.3. The van der Waals surface area contributed by atoms with Gasteiger partial charge in [0.15, 0.2) is 6.61 Å². The molecule has 1 aromatic rings. The lowest BCUT2D eigenvalue weighted by molar-refractivity contribution is -0.150. The first-order valence-corrected chi connectivity index (χ1v) is 10.6. The van der Waals surface area contributed by atoms with Crippen LogP contribution >= 0.6 is 15.9 Å². The number of carbonyl (C=O) groups is 4. The molecule has 1 saturated heterocycles. The highest BCUT2D eigenvalue weighted by Crippen LogP contribution is 2.46. The van der Waals surface area contributed by atoms with Crippen molar-refractivity contribution >= 4 is 45.4 Å². The van der Waals surface area contributed by atoms with Crippen molar-refractivity contribution in [3.8, 4) is 0 Å². The van der Waals surface area contributed by atoms with Crippen molar-refractivity contribution < 1.29 is 23.9 Å². The molecule has 8 nitrogen and oxygen atoms in total. The summed E-state index contributed by atoms with van der Waals surface area (Å²) in [7, 11) is 0. The van der Waals surface area contributed by atoms with Crippen LogP contribution in [-0.4, -0.2) is 47.4 Å². The summed E-state index contributed by atoms with van der Waals surface area (Å²) in [5.74, 6) is -1.46. The molecule has 1 aliphatic carbocycles. The molecule has 1 spiro atoms. The van der Waals surface area contributed by atoms with E-state index in [0.29, 0.717) is 18.5 Å². The van der Waals surface area contributed by atoms with E-state index in [9.17, 15) is 19.2 Å². The van der Waals surface area contributed by atoms with Gasteiger partial charge in [-0.2, -0.15) is 0 Å². The molecule has 9 heteroatoms. The summed E-state index contributed by atoms with van der Waals surface area (Å²) in [5.41, 5.74) is -0.510. The quantitative estimate of drug-likeness (QED) is 0.498. The van der Waals surface area contributed by atoms with E-state index < -0.39 is 42.5 Å². The zero-order valence-corrected chi connectivity index (χ0v) is 18.9. The first-order chi connectivity index (χ1) is 14.0. The minimum absolute atomic E-state index is 0.0950. The standard InChI is InChI=1S/C21H26BrN3O5/c1-13-8-20(2,3)12-21(9-13)18(28)25(19(29)24-21)10-17(27)30-11-16(26)23-15-6-4-14(22)5-7-15/h4-7,13H,8-12H2,1-3H3,(H,23,26)(H,24,29). The molecule has 2 unspecified atom stereocenters. The molecule has 1 aromatic carbocycles. The lowest BCUT2D eigenvalue weighted by Crippen LogP contribution is -2.54. The van der Waals surface area contributed by atoms with Crippen molar-refractivity contribution in [1.29, 1.82) is 0 Å². The molecule has 30 heavy (non-hydrogen) atoms. The molecular formula is C21H26BrN3O5. The second-order valence-electron chi connectivity index (χ2n) is 8.97. The van der Waals surface area contributed by atoms with Gasteiger partial charge in [-0.3, -0.25) is 19.3 Å². The molecule has 0 radical (unpaired) electrons. The number of amides is 4. The third kappa shape index (κ3) is 5.00. The molecule has 4 amide bonds. The van der Waals surface area contributed by atoms with Crippen LogP contribution in [0.15, 0.2) is 28.7 Å². The number of ether oxygens (including phenoxy) is 1. The van der Waals surface area contributed by atoms with E-state index in [0.717, 1.165) is 15.8 Å². The van der Waals surface area contributed by atoms with Gasteiger partial charge in [0.1, 0.15) is 12.1 Å². The van der Waals surface area contributed by atoms with Gasteiger partial charge in [-0.05, 0) is 54.9 Å². The van der Waals surface area contributed by atoms with Gasteiger partial charge >= 0.3 is 12.0 Å². The summed E-state index contributed by atoms with van der Waals surface area (Å²) in [6, 6.07) is 6.33. The van der Waals surface area contributed by atoms with Gasteiger partial charge in [0.25, 0.3) is 11.8 Å². The molecule has 0 bridgehead atoms. The lowest BCUT2D eigenvalue weighted by atomic mass is 9.64. The van der Waals surface area contributed by atoms with Gasteiger partial charge in [-0.25, -0.2) is 4.79 Å². The second kappa shape index (κ2) is 8.37. The fourth-order valence-electron chi connectivity index (χ4n) is 4.70. The first-order valence-electron chi connectivity index (χ1n) is 9.85.